The average molecular weight is 269 g/mol. The number of hydrogen-bond donors (Lipinski definition) is 0. The SMILES string of the molecule is CCC1(c2ccc(OC)cc2)CC1CBr. The predicted molar refractivity (Wildman–Crippen MR) is 66.9 cm³/mol. The minimum atomic E-state index is 0.440. The molecule has 1 aliphatic rings. The van der Waals surface area contributed by atoms with E-state index in [1.165, 1.54) is 18.4 Å². The average Bonchev–Trinajstić information content (AvgIpc) is 3.04. The molecule has 15 heavy (non-hydrogen) atoms. The fourth-order valence-corrected chi connectivity index (χ4v) is 3.35. The second kappa shape index (κ2) is 4.17. The maximum atomic E-state index is 5.18. The van der Waals surface area contributed by atoms with Gasteiger partial charge in [-0.3, -0.25) is 0 Å². The highest BCUT2D eigenvalue weighted by Crippen LogP contribution is 2.57. The van der Waals surface area contributed by atoms with Crippen molar-refractivity contribution in [3.05, 3.63) is 29.8 Å². The Kier molecular flexibility index (Phi) is 3.06. The molecule has 0 amide bonds. The quantitative estimate of drug-likeness (QED) is 0.756. The molecule has 2 rings (SSSR count). The van der Waals surface area contributed by atoms with Crippen LogP contribution in [0, 0.1) is 5.92 Å². The van der Waals surface area contributed by atoms with Crippen molar-refractivity contribution in [3.8, 4) is 5.75 Å². The second-order valence-corrected chi connectivity index (χ2v) is 4.94. The van der Waals surface area contributed by atoms with E-state index >= 15 is 0 Å². The number of rotatable bonds is 4. The van der Waals surface area contributed by atoms with Crippen LogP contribution in [0.15, 0.2) is 24.3 Å². The highest BCUT2D eigenvalue weighted by molar-refractivity contribution is 9.09. The minimum absolute atomic E-state index is 0.440. The summed E-state index contributed by atoms with van der Waals surface area (Å²) in [6.45, 7) is 2.28. The Bertz CT molecular complexity index is 333. The number of methoxy groups -OCH3 is 1. The normalized spacial score (nSPS) is 28.9. The molecule has 0 heterocycles. The lowest BCUT2D eigenvalue weighted by atomic mass is 9.91. The van der Waals surface area contributed by atoms with Crippen LogP contribution in [-0.2, 0) is 5.41 Å². The van der Waals surface area contributed by atoms with Crippen molar-refractivity contribution in [1.29, 1.82) is 0 Å². The first kappa shape index (κ1) is 11.0. The van der Waals surface area contributed by atoms with E-state index in [0.717, 1.165) is 17.0 Å². The highest BCUT2D eigenvalue weighted by Gasteiger charge is 2.52. The van der Waals surface area contributed by atoms with Gasteiger partial charge in [-0.25, -0.2) is 0 Å². The van der Waals surface area contributed by atoms with Crippen molar-refractivity contribution in [2.75, 3.05) is 12.4 Å². The van der Waals surface area contributed by atoms with Crippen molar-refractivity contribution in [1.82, 2.24) is 0 Å². The molecular weight excluding hydrogens is 252 g/mol. The molecule has 1 saturated carbocycles. The standard InChI is InChI=1S/C13H17BrO/c1-3-13(8-11(13)9-14)10-4-6-12(15-2)7-5-10/h4-7,11H,3,8-9H2,1-2H3. The van der Waals surface area contributed by atoms with E-state index in [2.05, 4.69) is 47.1 Å². The number of benzene rings is 1. The predicted octanol–water partition coefficient (Wildman–Crippen LogP) is 3.76. The number of halogens is 1. The lowest BCUT2D eigenvalue weighted by Gasteiger charge is -2.15. The summed E-state index contributed by atoms with van der Waals surface area (Å²) in [5.74, 6) is 1.76. The molecule has 0 spiro atoms. The maximum Gasteiger partial charge on any atom is 0.118 e. The zero-order valence-corrected chi connectivity index (χ0v) is 10.9. The summed E-state index contributed by atoms with van der Waals surface area (Å²) in [6.07, 6.45) is 2.55. The summed E-state index contributed by atoms with van der Waals surface area (Å²) in [5, 5.41) is 1.12. The van der Waals surface area contributed by atoms with Gasteiger partial charge in [0.2, 0.25) is 0 Å². The Hall–Kier alpha value is -0.500. The summed E-state index contributed by atoms with van der Waals surface area (Å²) in [7, 11) is 1.71. The maximum absolute atomic E-state index is 5.18. The van der Waals surface area contributed by atoms with E-state index < -0.39 is 0 Å². The van der Waals surface area contributed by atoms with Crippen LogP contribution in [0.5, 0.6) is 5.75 Å². The molecule has 0 aliphatic heterocycles. The van der Waals surface area contributed by atoms with Gasteiger partial charge in [-0.15, -0.1) is 0 Å². The monoisotopic (exact) mass is 268 g/mol. The second-order valence-electron chi connectivity index (χ2n) is 4.29. The van der Waals surface area contributed by atoms with Gasteiger partial charge in [0, 0.05) is 5.33 Å². The molecular formula is C13H17BrO. The molecule has 2 unspecified atom stereocenters. The summed E-state index contributed by atoms with van der Waals surface area (Å²) >= 11 is 3.59. The van der Waals surface area contributed by atoms with E-state index in [4.69, 9.17) is 4.74 Å². The molecule has 1 aromatic carbocycles. The van der Waals surface area contributed by atoms with E-state index in [1.807, 2.05) is 0 Å². The third-order valence-corrected chi connectivity index (χ3v) is 4.50. The van der Waals surface area contributed by atoms with Crippen LogP contribution in [0.25, 0.3) is 0 Å². The Labute approximate surface area is 100.0 Å². The van der Waals surface area contributed by atoms with Crippen LogP contribution in [0.3, 0.4) is 0 Å². The molecule has 1 aromatic rings. The highest BCUT2D eigenvalue weighted by atomic mass is 79.9. The number of ether oxygens (including phenoxy) is 1. The third kappa shape index (κ3) is 1.80. The van der Waals surface area contributed by atoms with Crippen molar-refractivity contribution >= 4 is 15.9 Å². The van der Waals surface area contributed by atoms with Gasteiger partial charge in [-0.1, -0.05) is 35.0 Å². The summed E-state index contributed by atoms with van der Waals surface area (Å²) < 4.78 is 5.18. The van der Waals surface area contributed by atoms with Gasteiger partial charge < -0.3 is 4.74 Å². The van der Waals surface area contributed by atoms with Gasteiger partial charge in [-0.2, -0.15) is 0 Å². The summed E-state index contributed by atoms with van der Waals surface area (Å²) in [6, 6.07) is 8.56. The molecule has 2 heteroatoms. The minimum Gasteiger partial charge on any atom is -0.497 e. The van der Waals surface area contributed by atoms with Crippen molar-refractivity contribution < 1.29 is 4.74 Å². The first-order valence-electron chi connectivity index (χ1n) is 5.47. The van der Waals surface area contributed by atoms with Crippen molar-refractivity contribution in [3.63, 3.8) is 0 Å². The third-order valence-electron chi connectivity index (χ3n) is 3.71. The lowest BCUT2D eigenvalue weighted by molar-refractivity contribution is 0.414. The van der Waals surface area contributed by atoms with Crippen LogP contribution in [-0.4, -0.2) is 12.4 Å². The fourth-order valence-electron chi connectivity index (χ4n) is 2.50. The van der Waals surface area contributed by atoms with Crippen LogP contribution in [0.2, 0.25) is 0 Å². The Morgan fingerprint density at radius 1 is 1.40 bits per heavy atom. The zero-order chi connectivity index (χ0) is 10.9. The van der Waals surface area contributed by atoms with Crippen LogP contribution >= 0.6 is 15.9 Å². The lowest BCUT2D eigenvalue weighted by Crippen LogP contribution is -2.09. The Balaban J connectivity index is 2.22. The molecule has 1 aliphatic carbocycles. The van der Waals surface area contributed by atoms with E-state index in [0.29, 0.717) is 5.41 Å². The summed E-state index contributed by atoms with van der Waals surface area (Å²) in [4.78, 5) is 0. The van der Waals surface area contributed by atoms with E-state index in [9.17, 15) is 0 Å². The number of alkyl halides is 1. The Morgan fingerprint density at radius 3 is 2.47 bits per heavy atom. The van der Waals surface area contributed by atoms with Gasteiger partial charge >= 0.3 is 0 Å². The van der Waals surface area contributed by atoms with Gasteiger partial charge in [0.25, 0.3) is 0 Å². The first-order valence-corrected chi connectivity index (χ1v) is 6.59. The summed E-state index contributed by atoms with van der Waals surface area (Å²) in [5.41, 5.74) is 1.91. The molecule has 0 N–H and O–H groups in total. The Morgan fingerprint density at radius 2 is 2.07 bits per heavy atom. The first-order chi connectivity index (χ1) is 7.26. The molecule has 2 atom stereocenters. The van der Waals surface area contributed by atoms with E-state index in [-0.39, 0.29) is 0 Å². The largest absolute Gasteiger partial charge is 0.497 e. The van der Waals surface area contributed by atoms with Gasteiger partial charge in [0.15, 0.2) is 0 Å². The van der Waals surface area contributed by atoms with Crippen molar-refractivity contribution in [2.45, 2.75) is 25.2 Å². The van der Waals surface area contributed by atoms with Crippen LogP contribution in [0.1, 0.15) is 25.3 Å². The van der Waals surface area contributed by atoms with Crippen molar-refractivity contribution in [2.24, 2.45) is 5.92 Å². The molecule has 0 saturated heterocycles. The molecule has 0 radical (unpaired) electrons. The number of hydrogen-bond acceptors (Lipinski definition) is 1. The van der Waals surface area contributed by atoms with Crippen LogP contribution in [0.4, 0.5) is 0 Å². The zero-order valence-electron chi connectivity index (χ0n) is 9.29. The molecule has 0 aromatic heterocycles. The molecule has 82 valence electrons. The molecule has 1 nitrogen and oxygen atoms in total. The molecule has 0 bridgehead atoms. The molecule has 1 fully saturated rings. The van der Waals surface area contributed by atoms with Gasteiger partial charge in [0.05, 0.1) is 7.11 Å². The smallest absolute Gasteiger partial charge is 0.118 e. The fraction of sp³-hybridized carbons (Fsp3) is 0.538. The van der Waals surface area contributed by atoms with Crippen LogP contribution < -0.4 is 4.74 Å². The van der Waals surface area contributed by atoms with Gasteiger partial charge in [0.1, 0.15) is 5.75 Å². The topological polar surface area (TPSA) is 9.23 Å². The van der Waals surface area contributed by atoms with Gasteiger partial charge in [-0.05, 0) is 41.9 Å². The van der Waals surface area contributed by atoms with E-state index in [1.54, 1.807) is 7.11 Å².